The number of nitrogens with zero attached hydrogens (tertiary/aromatic N) is 5. The Morgan fingerprint density at radius 1 is 1.17 bits per heavy atom. The highest BCUT2D eigenvalue weighted by Gasteiger charge is 2.41. The first kappa shape index (κ1) is 23.8. The molecular weight excluding hydrogens is 460 g/mol. The van der Waals surface area contributed by atoms with Crippen LogP contribution in [0.3, 0.4) is 0 Å². The summed E-state index contributed by atoms with van der Waals surface area (Å²) in [5.74, 6) is 0.762. The van der Waals surface area contributed by atoms with Crippen molar-refractivity contribution in [2.24, 2.45) is 15.4 Å². The number of halogens is 2. The largest absolute Gasteiger partial charge is 0.371 e. The van der Waals surface area contributed by atoms with E-state index in [1.54, 1.807) is 31.2 Å². The molecule has 2 N–H and O–H groups in total. The van der Waals surface area contributed by atoms with Gasteiger partial charge in [0.15, 0.2) is 17.5 Å². The summed E-state index contributed by atoms with van der Waals surface area (Å²) in [6, 6.07) is 10.3. The molecule has 186 valence electrons. The first-order valence-corrected chi connectivity index (χ1v) is 12.1. The second kappa shape index (κ2) is 9.64. The number of piperidine rings is 1. The molecule has 0 radical (unpaired) electrons. The molecule has 0 spiro atoms. The fourth-order valence-electron chi connectivity index (χ4n) is 4.94. The molecule has 1 saturated heterocycles. The number of likely N-dealkylation sites (tertiary alicyclic amines) is 1. The van der Waals surface area contributed by atoms with Gasteiger partial charge in [0.1, 0.15) is 11.7 Å². The Hall–Kier alpha value is -3.88. The van der Waals surface area contributed by atoms with Crippen molar-refractivity contribution in [2.75, 3.05) is 25.0 Å². The second-order valence-corrected chi connectivity index (χ2v) is 9.50. The van der Waals surface area contributed by atoms with Gasteiger partial charge in [0.25, 0.3) is 0 Å². The van der Waals surface area contributed by atoms with Gasteiger partial charge in [-0.2, -0.15) is 5.10 Å². The SMILES string of the molecule is C=C(c1cccc(C)c1F)N1CCC(Cc2ccc(F)c(Nc3cc(C)[nH]n3)n2)(C2=NCC=N2)CC1. The van der Waals surface area contributed by atoms with Crippen molar-refractivity contribution in [2.45, 2.75) is 33.1 Å². The van der Waals surface area contributed by atoms with Crippen molar-refractivity contribution in [3.63, 3.8) is 0 Å². The third-order valence-corrected chi connectivity index (χ3v) is 6.99. The van der Waals surface area contributed by atoms with E-state index in [2.05, 4.69) is 42.0 Å². The number of pyridine rings is 1. The summed E-state index contributed by atoms with van der Waals surface area (Å²) in [6.45, 7) is 9.75. The molecule has 4 heterocycles. The van der Waals surface area contributed by atoms with Gasteiger partial charge in [-0.3, -0.25) is 10.1 Å². The molecule has 7 nitrogen and oxygen atoms in total. The summed E-state index contributed by atoms with van der Waals surface area (Å²) in [7, 11) is 0. The number of benzene rings is 1. The number of rotatable bonds is 7. The Morgan fingerprint density at radius 2 is 1.97 bits per heavy atom. The fourth-order valence-corrected chi connectivity index (χ4v) is 4.94. The second-order valence-electron chi connectivity index (χ2n) is 9.50. The highest BCUT2D eigenvalue weighted by atomic mass is 19.1. The lowest BCUT2D eigenvalue weighted by atomic mass is 9.73. The number of hydrogen-bond donors (Lipinski definition) is 2. The summed E-state index contributed by atoms with van der Waals surface area (Å²) in [5, 5.41) is 9.91. The average molecular weight is 490 g/mol. The Bertz CT molecular complexity index is 1350. The molecule has 2 aliphatic rings. The number of amidine groups is 1. The van der Waals surface area contributed by atoms with Gasteiger partial charge >= 0.3 is 0 Å². The van der Waals surface area contributed by atoms with Gasteiger partial charge < -0.3 is 10.2 Å². The maximum absolute atomic E-state index is 14.7. The zero-order valence-electron chi connectivity index (χ0n) is 20.5. The van der Waals surface area contributed by atoms with Gasteiger partial charge in [0, 0.05) is 59.9 Å². The lowest BCUT2D eigenvalue weighted by Crippen LogP contribution is -2.44. The van der Waals surface area contributed by atoms with Crippen LogP contribution in [0, 0.1) is 30.9 Å². The molecule has 2 aliphatic heterocycles. The minimum Gasteiger partial charge on any atom is -0.371 e. The summed E-state index contributed by atoms with van der Waals surface area (Å²) in [5.41, 5.74) is 3.08. The van der Waals surface area contributed by atoms with Crippen molar-refractivity contribution >= 4 is 29.4 Å². The molecule has 0 atom stereocenters. The fraction of sp³-hybridized carbons (Fsp3) is 0.333. The molecule has 36 heavy (non-hydrogen) atoms. The maximum Gasteiger partial charge on any atom is 0.168 e. The quantitative estimate of drug-likeness (QED) is 0.477. The molecule has 0 bridgehead atoms. The molecule has 1 aromatic carbocycles. The van der Waals surface area contributed by atoms with Crippen LogP contribution in [0.5, 0.6) is 0 Å². The van der Waals surface area contributed by atoms with Gasteiger partial charge in [0.2, 0.25) is 0 Å². The first-order chi connectivity index (χ1) is 17.3. The predicted molar refractivity (Wildman–Crippen MR) is 139 cm³/mol. The molecular formula is C27H29F2N7. The Labute approximate surface area is 209 Å². The van der Waals surface area contributed by atoms with Crippen molar-refractivity contribution < 1.29 is 8.78 Å². The van der Waals surface area contributed by atoms with Crippen LogP contribution in [0.2, 0.25) is 0 Å². The number of aromatic amines is 1. The number of aryl methyl sites for hydroxylation is 2. The van der Waals surface area contributed by atoms with Crippen molar-refractivity contribution in [1.82, 2.24) is 20.1 Å². The van der Waals surface area contributed by atoms with Crippen molar-refractivity contribution in [3.05, 3.63) is 77.1 Å². The van der Waals surface area contributed by atoms with Crippen molar-refractivity contribution in [3.8, 4) is 0 Å². The lowest BCUT2D eigenvalue weighted by molar-refractivity contribution is 0.205. The molecule has 0 saturated carbocycles. The van der Waals surface area contributed by atoms with Crippen LogP contribution in [-0.4, -0.2) is 51.8 Å². The zero-order valence-corrected chi connectivity index (χ0v) is 20.5. The Morgan fingerprint density at radius 3 is 2.67 bits per heavy atom. The normalized spacial score (nSPS) is 16.8. The van der Waals surface area contributed by atoms with Gasteiger partial charge in [-0.25, -0.2) is 18.8 Å². The van der Waals surface area contributed by atoms with E-state index >= 15 is 0 Å². The van der Waals surface area contributed by atoms with Gasteiger partial charge in [0.05, 0.1) is 6.54 Å². The molecule has 2 aromatic heterocycles. The summed E-state index contributed by atoms with van der Waals surface area (Å²) >= 11 is 0. The maximum atomic E-state index is 14.7. The molecule has 0 unspecified atom stereocenters. The minimum atomic E-state index is -0.448. The molecule has 0 amide bonds. The monoisotopic (exact) mass is 489 g/mol. The van der Waals surface area contributed by atoms with E-state index in [0.29, 0.717) is 48.7 Å². The third kappa shape index (κ3) is 4.65. The van der Waals surface area contributed by atoms with Gasteiger partial charge in [-0.05, 0) is 50.5 Å². The predicted octanol–water partition coefficient (Wildman–Crippen LogP) is 5.22. The molecule has 0 aliphatic carbocycles. The Kier molecular flexibility index (Phi) is 6.38. The lowest BCUT2D eigenvalue weighted by Gasteiger charge is -2.42. The highest BCUT2D eigenvalue weighted by Crippen LogP contribution is 2.40. The zero-order chi connectivity index (χ0) is 25.3. The highest BCUT2D eigenvalue weighted by molar-refractivity contribution is 5.98. The smallest absolute Gasteiger partial charge is 0.168 e. The van der Waals surface area contributed by atoms with E-state index < -0.39 is 5.82 Å². The summed E-state index contributed by atoms with van der Waals surface area (Å²) in [4.78, 5) is 15.9. The van der Waals surface area contributed by atoms with Gasteiger partial charge in [-0.15, -0.1) is 0 Å². The van der Waals surface area contributed by atoms with Gasteiger partial charge in [-0.1, -0.05) is 18.7 Å². The van der Waals surface area contributed by atoms with E-state index in [1.165, 1.54) is 6.07 Å². The number of nitrogens with one attached hydrogen (secondary N) is 2. The van der Waals surface area contributed by atoms with Crippen molar-refractivity contribution in [1.29, 1.82) is 0 Å². The summed E-state index contributed by atoms with van der Waals surface area (Å²) < 4.78 is 29.3. The van der Waals surface area contributed by atoms with E-state index in [4.69, 9.17) is 0 Å². The van der Waals surface area contributed by atoms with Crippen LogP contribution in [0.4, 0.5) is 20.4 Å². The number of hydrogen-bond acceptors (Lipinski definition) is 6. The third-order valence-electron chi connectivity index (χ3n) is 6.99. The minimum absolute atomic E-state index is 0.131. The Balaban J connectivity index is 1.37. The molecule has 5 rings (SSSR count). The average Bonchev–Trinajstić information content (AvgIpc) is 3.56. The first-order valence-electron chi connectivity index (χ1n) is 12.1. The van der Waals surface area contributed by atoms with E-state index in [1.807, 2.05) is 19.2 Å². The van der Waals surface area contributed by atoms with E-state index in [-0.39, 0.29) is 17.1 Å². The number of aliphatic imine (C=N–C) groups is 2. The molecule has 9 heteroatoms. The number of aromatic nitrogens is 3. The molecule has 3 aromatic rings. The van der Waals surface area contributed by atoms with Crippen LogP contribution in [0.15, 0.2) is 53.0 Å². The van der Waals surface area contributed by atoms with E-state index in [0.717, 1.165) is 30.1 Å². The van der Waals surface area contributed by atoms with E-state index in [9.17, 15) is 8.78 Å². The van der Waals surface area contributed by atoms with Crippen LogP contribution in [-0.2, 0) is 6.42 Å². The number of anilines is 2. The number of H-pyrrole nitrogens is 1. The summed E-state index contributed by atoms with van der Waals surface area (Å²) in [6.07, 6.45) is 3.87. The van der Waals surface area contributed by atoms with Crippen LogP contribution in [0.25, 0.3) is 5.70 Å². The van der Waals surface area contributed by atoms with Crippen LogP contribution in [0.1, 0.15) is 35.4 Å². The van der Waals surface area contributed by atoms with Crippen LogP contribution >= 0.6 is 0 Å². The topological polar surface area (TPSA) is 81.6 Å². The van der Waals surface area contributed by atoms with Crippen LogP contribution < -0.4 is 5.32 Å². The standard InChI is InChI=1S/C27H29F2N7/c1-17-5-4-6-21(24(17)29)19(3)36-13-9-27(10-14-36,26-30-11-12-31-26)16-20-7-8-22(28)25(32-20)33-23-15-18(2)34-35-23/h4-8,11,15H,3,9-10,12-14,16H2,1-2H3,(H2,32,33,34,35). The molecule has 1 fully saturated rings.